The molecule has 0 saturated carbocycles. The Morgan fingerprint density at radius 2 is 2.50 bits per heavy atom. The van der Waals surface area contributed by atoms with Gasteiger partial charge in [0.25, 0.3) is 0 Å². The summed E-state index contributed by atoms with van der Waals surface area (Å²) in [5.41, 5.74) is 11.8. The fourth-order valence-corrected chi connectivity index (χ4v) is 1.34. The molecule has 0 saturated heterocycles. The number of aromatic nitrogens is 1. The number of nitrogens with zero attached hydrogens (tertiary/aromatic N) is 2. The van der Waals surface area contributed by atoms with Crippen LogP contribution in [-0.2, 0) is 0 Å². The van der Waals surface area contributed by atoms with Crippen molar-refractivity contribution >= 4 is 22.2 Å². The Labute approximate surface area is 73.7 Å². The highest BCUT2D eigenvalue weighted by Crippen LogP contribution is 2.12. The lowest BCUT2D eigenvalue weighted by Gasteiger charge is -2.03. The van der Waals surface area contributed by atoms with Crippen LogP contribution in [-0.4, -0.2) is 21.9 Å². The fourth-order valence-electron chi connectivity index (χ4n) is 0.781. The molecule has 1 aromatic heterocycles. The minimum atomic E-state index is -0.350. The van der Waals surface area contributed by atoms with Gasteiger partial charge in [-0.15, -0.1) is 11.3 Å². The van der Waals surface area contributed by atoms with Crippen LogP contribution < -0.4 is 11.5 Å². The topological polar surface area (TPSA) is 97.5 Å². The molecule has 1 rings (SSSR count). The third-order valence-corrected chi connectivity index (χ3v) is 2.00. The summed E-state index contributed by atoms with van der Waals surface area (Å²) in [5, 5.41) is 13.8. The van der Waals surface area contributed by atoms with Crippen LogP contribution in [0.25, 0.3) is 0 Å². The number of oxime groups is 1. The Bertz CT molecular complexity index is 293. The molecule has 0 amide bonds. The van der Waals surface area contributed by atoms with Gasteiger partial charge in [0.2, 0.25) is 0 Å². The fraction of sp³-hybridized carbons (Fsp3) is 0.333. The summed E-state index contributed by atoms with van der Waals surface area (Å²) in [6.07, 6.45) is 0. The van der Waals surface area contributed by atoms with Gasteiger partial charge in [-0.25, -0.2) is 4.98 Å². The van der Waals surface area contributed by atoms with Gasteiger partial charge in [-0.05, 0) is 6.92 Å². The smallest absolute Gasteiger partial charge is 0.180 e. The van der Waals surface area contributed by atoms with Crippen molar-refractivity contribution in [1.29, 1.82) is 0 Å². The predicted octanol–water partition coefficient (Wildman–Crippen LogP) is 0.251. The zero-order valence-corrected chi connectivity index (χ0v) is 7.38. The summed E-state index contributed by atoms with van der Waals surface area (Å²) in [6, 6.07) is -0.350. The molecule has 5 N–H and O–H groups in total. The molecular weight excluding hydrogens is 176 g/mol. The maximum absolute atomic E-state index is 8.59. The van der Waals surface area contributed by atoms with Crippen molar-refractivity contribution < 1.29 is 5.21 Å². The van der Waals surface area contributed by atoms with E-state index in [0.717, 1.165) is 0 Å². The summed E-state index contributed by atoms with van der Waals surface area (Å²) in [6.45, 7) is 1.71. The second-order valence-electron chi connectivity index (χ2n) is 2.34. The van der Waals surface area contributed by atoms with Crippen molar-refractivity contribution in [2.75, 3.05) is 5.73 Å². The van der Waals surface area contributed by atoms with Crippen LogP contribution in [0.5, 0.6) is 0 Å². The van der Waals surface area contributed by atoms with E-state index in [2.05, 4.69) is 10.1 Å². The highest BCUT2D eigenvalue weighted by atomic mass is 32.1. The molecule has 0 aliphatic carbocycles. The van der Waals surface area contributed by atoms with Gasteiger partial charge in [-0.2, -0.15) is 0 Å². The van der Waals surface area contributed by atoms with E-state index in [-0.39, 0.29) is 6.04 Å². The Kier molecular flexibility index (Phi) is 2.61. The van der Waals surface area contributed by atoms with Gasteiger partial charge in [0.1, 0.15) is 11.4 Å². The van der Waals surface area contributed by atoms with Gasteiger partial charge in [0.05, 0.1) is 0 Å². The maximum atomic E-state index is 8.59. The zero-order chi connectivity index (χ0) is 9.14. The highest BCUT2D eigenvalue weighted by Gasteiger charge is 2.12. The van der Waals surface area contributed by atoms with E-state index >= 15 is 0 Å². The summed E-state index contributed by atoms with van der Waals surface area (Å²) < 4.78 is 0. The van der Waals surface area contributed by atoms with Crippen molar-refractivity contribution in [3.8, 4) is 0 Å². The molecule has 6 heteroatoms. The molecule has 0 aliphatic rings. The summed E-state index contributed by atoms with van der Waals surface area (Å²) >= 11 is 1.28. The SMILES string of the molecule is CC(N)/C(=N\O)c1csc(N)n1. The first-order valence-corrected chi connectivity index (χ1v) is 4.22. The average Bonchev–Trinajstić information content (AvgIpc) is 2.37. The molecule has 0 aliphatic heterocycles. The molecule has 0 spiro atoms. The molecule has 1 aromatic rings. The number of hydrogen-bond donors (Lipinski definition) is 3. The molecule has 5 nitrogen and oxygen atoms in total. The van der Waals surface area contributed by atoms with Crippen molar-refractivity contribution in [1.82, 2.24) is 4.98 Å². The van der Waals surface area contributed by atoms with Crippen molar-refractivity contribution in [2.24, 2.45) is 10.9 Å². The van der Waals surface area contributed by atoms with Gasteiger partial charge < -0.3 is 16.7 Å². The van der Waals surface area contributed by atoms with Gasteiger partial charge in [-0.1, -0.05) is 5.16 Å². The minimum Gasteiger partial charge on any atom is -0.411 e. The molecule has 66 valence electrons. The van der Waals surface area contributed by atoms with Crippen LogP contribution >= 0.6 is 11.3 Å². The number of anilines is 1. The van der Waals surface area contributed by atoms with Crippen LogP contribution in [0.2, 0.25) is 0 Å². The molecule has 1 atom stereocenters. The molecule has 12 heavy (non-hydrogen) atoms. The number of thiazole rings is 1. The Hall–Kier alpha value is -1.14. The molecule has 1 heterocycles. The van der Waals surface area contributed by atoms with Gasteiger partial charge in [-0.3, -0.25) is 0 Å². The third-order valence-electron chi connectivity index (χ3n) is 1.32. The quantitative estimate of drug-likeness (QED) is 0.350. The van der Waals surface area contributed by atoms with Gasteiger partial charge in [0, 0.05) is 11.4 Å². The largest absolute Gasteiger partial charge is 0.411 e. The average molecular weight is 186 g/mol. The Morgan fingerprint density at radius 3 is 2.83 bits per heavy atom. The lowest BCUT2D eigenvalue weighted by atomic mass is 10.2. The Morgan fingerprint density at radius 1 is 1.83 bits per heavy atom. The third kappa shape index (κ3) is 1.72. The first-order valence-electron chi connectivity index (χ1n) is 3.34. The minimum absolute atomic E-state index is 0.350. The standard InChI is InChI=1S/C6H10N4OS/c1-3(7)5(10-11)4-2-12-6(8)9-4/h2-3,11H,7H2,1H3,(H2,8,9)/b10-5+. The molecule has 0 bridgehead atoms. The first-order chi connectivity index (χ1) is 5.65. The molecular formula is C6H10N4OS. The van der Waals surface area contributed by atoms with Gasteiger partial charge in [0.15, 0.2) is 5.13 Å². The second-order valence-corrected chi connectivity index (χ2v) is 3.23. The number of nitrogen functional groups attached to an aromatic ring is 1. The van der Waals surface area contributed by atoms with E-state index < -0.39 is 0 Å². The van der Waals surface area contributed by atoms with Crippen LogP contribution in [0.15, 0.2) is 10.5 Å². The number of nitrogens with two attached hydrogens (primary N) is 2. The van der Waals surface area contributed by atoms with Crippen molar-refractivity contribution in [3.63, 3.8) is 0 Å². The number of rotatable bonds is 2. The van der Waals surface area contributed by atoms with E-state index in [4.69, 9.17) is 16.7 Å². The molecule has 0 fully saturated rings. The van der Waals surface area contributed by atoms with Crippen LogP contribution in [0.4, 0.5) is 5.13 Å². The normalized spacial score (nSPS) is 14.7. The van der Waals surface area contributed by atoms with Crippen LogP contribution in [0, 0.1) is 0 Å². The van der Waals surface area contributed by atoms with Gasteiger partial charge >= 0.3 is 0 Å². The van der Waals surface area contributed by atoms with E-state index in [1.54, 1.807) is 12.3 Å². The van der Waals surface area contributed by atoms with Crippen LogP contribution in [0.3, 0.4) is 0 Å². The monoisotopic (exact) mass is 186 g/mol. The predicted molar refractivity (Wildman–Crippen MR) is 48.5 cm³/mol. The zero-order valence-electron chi connectivity index (χ0n) is 6.56. The van der Waals surface area contributed by atoms with E-state index in [0.29, 0.717) is 16.5 Å². The lowest BCUT2D eigenvalue weighted by Crippen LogP contribution is -2.27. The van der Waals surface area contributed by atoms with E-state index in [1.807, 2.05) is 0 Å². The van der Waals surface area contributed by atoms with Crippen molar-refractivity contribution in [2.45, 2.75) is 13.0 Å². The molecule has 1 unspecified atom stereocenters. The summed E-state index contributed by atoms with van der Waals surface area (Å²) in [5.74, 6) is 0. The molecule has 0 aromatic carbocycles. The van der Waals surface area contributed by atoms with Crippen LogP contribution in [0.1, 0.15) is 12.6 Å². The summed E-state index contributed by atoms with van der Waals surface area (Å²) in [7, 11) is 0. The second kappa shape index (κ2) is 3.51. The summed E-state index contributed by atoms with van der Waals surface area (Å²) in [4.78, 5) is 3.93. The maximum Gasteiger partial charge on any atom is 0.180 e. The van der Waals surface area contributed by atoms with E-state index in [1.165, 1.54) is 11.3 Å². The van der Waals surface area contributed by atoms with Crippen molar-refractivity contribution in [3.05, 3.63) is 11.1 Å². The first kappa shape index (κ1) is 8.95. The Balaban J connectivity index is 2.96. The number of hydrogen-bond acceptors (Lipinski definition) is 6. The highest BCUT2D eigenvalue weighted by molar-refractivity contribution is 7.13. The van der Waals surface area contributed by atoms with E-state index in [9.17, 15) is 0 Å². The lowest BCUT2D eigenvalue weighted by molar-refractivity contribution is 0.317. The molecule has 0 radical (unpaired) electrons.